The molecule has 0 unspecified atom stereocenters. The summed E-state index contributed by atoms with van der Waals surface area (Å²) in [7, 11) is 0. The smallest absolute Gasteiger partial charge is 0.276 e. The van der Waals surface area contributed by atoms with Crippen LogP contribution in [0.5, 0.6) is 0 Å². The van der Waals surface area contributed by atoms with Crippen molar-refractivity contribution < 1.29 is 4.92 Å². The maximum Gasteiger partial charge on any atom is 0.276 e. The van der Waals surface area contributed by atoms with Gasteiger partial charge in [0.15, 0.2) is 0 Å². The van der Waals surface area contributed by atoms with Gasteiger partial charge in [0.1, 0.15) is 11.6 Å². The Morgan fingerprint density at radius 3 is 2.68 bits per heavy atom. The molecule has 6 heteroatoms. The van der Waals surface area contributed by atoms with E-state index in [1.165, 1.54) is 17.7 Å². The van der Waals surface area contributed by atoms with Crippen LogP contribution in [0.3, 0.4) is 0 Å². The monoisotopic (exact) mass is 258 g/mol. The number of nitrogens with zero attached hydrogens (tertiary/aromatic N) is 2. The Morgan fingerprint density at radius 1 is 1.26 bits per heavy atom. The fourth-order valence-corrected chi connectivity index (χ4v) is 1.71. The number of rotatable bonds is 5. The number of nitrogens with one attached hydrogen (secondary N) is 1. The molecule has 1 aromatic carbocycles. The van der Waals surface area contributed by atoms with Gasteiger partial charge in [-0.1, -0.05) is 30.3 Å². The van der Waals surface area contributed by atoms with Crippen LogP contribution in [-0.4, -0.2) is 16.5 Å². The Morgan fingerprint density at radius 2 is 2.00 bits per heavy atom. The number of pyridine rings is 1. The van der Waals surface area contributed by atoms with E-state index in [0.29, 0.717) is 12.4 Å². The number of nitrogen functional groups attached to an aromatic ring is 1. The predicted molar refractivity (Wildman–Crippen MR) is 73.9 cm³/mol. The second kappa shape index (κ2) is 5.81. The Balaban J connectivity index is 1.98. The van der Waals surface area contributed by atoms with E-state index in [0.717, 1.165) is 6.42 Å². The molecule has 0 bridgehead atoms. The maximum absolute atomic E-state index is 10.7. The Labute approximate surface area is 110 Å². The van der Waals surface area contributed by atoms with Crippen molar-refractivity contribution in [2.45, 2.75) is 6.42 Å². The Hall–Kier alpha value is -2.63. The van der Waals surface area contributed by atoms with Crippen LogP contribution < -0.4 is 11.1 Å². The number of aromatic nitrogens is 1. The van der Waals surface area contributed by atoms with E-state index in [9.17, 15) is 10.1 Å². The zero-order valence-electron chi connectivity index (χ0n) is 10.2. The van der Waals surface area contributed by atoms with Gasteiger partial charge < -0.3 is 11.1 Å². The van der Waals surface area contributed by atoms with Crippen LogP contribution in [0.4, 0.5) is 17.3 Å². The molecule has 3 N–H and O–H groups in total. The molecular weight excluding hydrogens is 244 g/mol. The second-order valence-electron chi connectivity index (χ2n) is 4.05. The van der Waals surface area contributed by atoms with Crippen LogP contribution in [0.2, 0.25) is 0 Å². The van der Waals surface area contributed by atoms with Gasteiger partial charge in [-0.15, -0.1) is 0 Å². The lowest BCUT2D eigenvalue weighted by Crippen LogP contribution is -2.07. The molecular formula is C13H14N4O2. The minimum Gasteiger partial charge on any atom is -0.383 e. The largest absolute Gasteiger partial charge is 0.383 e. The maximum atomic E-state index is 10.7. The minimum absolute atomic E-state index is 0.0605. The molecule has 0 fully saturated rings. The third-order valence-electron chi connectivity index (χ3n) is 2.60. The summed E-state index contributed by atoms with van der Waals surface area (Å²) in [6.07, 6.45) is 0.811. The van der Waals surface area contributed by atoms with E-state index in [1.54, 1.807) is 0 Å². The number of nitrogens with two attached hydrogens (primary N) is 1. The van der Waals surface area contributed by atoms with Crippen LogP contribution in [0.25, 0.3) is 0 Å². The highest BCUT2D eigenvalue weighted by molar-refractivity contribution is 5.52. The normalized spacial score (nSPS) is 10.1. The molecule has 1 aromatic heterocycles. The molecule has 0 radical (unpaired) electrons. The lowest BCUT2D eigenvalue weighted by molar-refractivity contribution is -0.384. The highest BCUT2D eigenvalue weighted by atomic mass is 16.6. The summed E-state index contributed by atoms with van der Waals surface area (Å²) >= 11 is 0. The van der Waals surface area contributed by atoms with Crippen LogP contribution in [0.15, 0.2) is 42.5 Å². The first-order chi connectivity index (χ1) is 9.15. The molecule has 6 nitrogen and oxygen atoms in total. The summed E-state index contributed by atoms with van der Waals surface area (Å²) in [5.41, 5.74) is 6.65. The second-order valence-corrected chi connectivity index (χ2v) is 4.05. The number of hydrogen-bond acceptors (Lipinski definition) is 5. The number of anilines is 2. The average Bonchev–Trinajstić information content (AvgIpc) is 2.39. The van der Waals surface area contributed by atoms with Gasteiger partial charge in [0, 0.05) is 6.54 Å². The summed E-state index contributed by atoms with van der Waals surface area (Å²) in [5, 5.41) is 13.7. The molecule has 2 rings (SSSR count). The van der Waals surface area contributed by atoms with E-state index in [4.69, 9.17) is 5.73 Å². The molecule has 1 heterocycles. The van der Waals surface area contributed by atoms with Gasteiger partial charge in [-0.3, -0.25) is 10.1 Å². The molecule has 0 amide bonds. The minimum atomic E-state index is -0.486. The van der Waals surface area contributed by atoms with Gasteiger partial charge in [0.25, 0.3) is 5.69 Å². The van der Waals surface area contributed by atoms with Gasteiger partial charge in [-0.05, 0) is 12.0 Å². The molecule has 0 saturated heterocycles. The van der Waals surface area contributed by atoms with Gasteiger partial charge >= 0.3 is 0 Å². The molecule has 0 spiro atoms. The van der Waals surface area contributed by atoms with Crippen LogP contribution in [-0.2, 0) is 6.42 Å². The summed E-state index contributed by atoms with van der Waals surface area (Å²) in [6.45, 7) is 0.637. The fourth-order valence-electron chi connectivity index (χ4n) is 1.71. The Bertz CT molecular complexity index is 572. The topological polar surface area (TPSA) is 94.1 Å². The standard InChI is InChI=1S/C13H14N4O2/c14-12-8-11(17(18)19)9-13(16-12)15-7-6-10-4-2-1-3-5-10/h1-5,8-9H,6-7H2,(H3,14,15,16). The number of benzene rings is 1. The summed E-state index contributed by atoms with van der Waals surface area (Å²) in [4.78, 5) is 14.2. The lowest BCUT2D eigenvalue weighted by Gasteiger charge is -2.06. The summed E-state index contributed by atoms with van der Waals surface area (Å²) in [6, 6.07) is 12.6. The van der Waals surface area contributed by atoms with Gasteiger partial charge in [0.05, 0.1) is 17.1 Å². The van der Waals surface area contributed by atoms with Gasteiger partial charge in [0.2, 0.25) is 0 Å². The fraction of sp³-hybridized carbons (Fsp3) is 0.154. The molecule has 0 aliphatic rings. The molecule has 19 heavy (non-hydrogen) atoms. The van der Waals surface area contributed by atoms with Crippen molar-refractivity contribution in [2.75, 3.05) is 17.6 Å². The summed E-state index contributed by atoms with van der Waals surface area (Å²) < 4.78 is 0. The van der Waals surface area contributed by atoms with Crippen molar-refractivity contribution in [3.63, 3.8) is 0 Å². The first kappa shape index (κ1) is 12.8. The van der Waals surface area contributed by atoms with E-state index in [2.05, 4.69) is 10.3 Å². The highest BCUT2D eigenvalue weighted by Crippen LogP contribution is 2.18. The van der Waals surface area contributed by atoms with Crippen LogP contribution in [0.1, 0.15) is 5.56 Å². The molecule has 0 aliphatic heterocycles. The number of hydrogen-bond donors (Lipinski definition) is 2. The van der Waals surface area contributed by atoms with Crippen LogP contribution >= 0.6 is 0 Å². The lowest BCUT2D eigenvalue weighted by atomic mass is 10.1. The predicted octanol–water partition coefficient (Wildman–Crippen LogP) is 2.23. The third kappa shape index (κ3) is 3.67. The number of nitro groups is 1. The third-order valence-corrected chi connectivity index (χ3v) is 2.60. The van der Waals surface area contributed by atoms with Crippen molar-refractivity contribution in [3.8, 4) is 0 Å². The van der Waals surface area contributed by atoms with Crippen molar-refractivity contribution in [1.29, 1.82) is 0 Å². The molecule has 98 valence electrons. The van der Waals surface area contributed by atoms with Gasteiger partial charge in [-0.25, -0.2) is 4.98 Å². The van der Waals surface area contributed by atoms with Crippen molar-refractivity contribution >= 4 is 17.3 Å². The van der Waals surface area contributed by atoms with E-state index in [1.807, 2.05) is 30.3 Å². The molecule has 0 aliphatic carbocycles. The quantitative estimate of drug-likeness (QED) is 0.633. The highest BCUT2D eigenvalue weighted by Gasteiger charge is 2.09. The SMILES string of the molecule is Nc1cc([N+](=O)[O-])cc(NCCc2ccccc2)n1. The van der Waals surface area contributed by atoms with Crippen LogP contribution in [0, 0.1) is 10.1 Å². The molecule has 2 aromatic rings. The zero-order valence-corrected chi connectivity index (χ0v) is 10.2. The van der Waals surface area contributed by atoms with E-state index in [-0.39, 0.29) is 11.5 Å². The van der Waals surface area contributed by atoms with Gasteiger partial charge in [-0.2, -0.15) is 0 Å². The molecule has 0 saturated carbocycles. The average molecular weight is 258 g/mol. The first-order valence-electron chi connectivity index (χ1n) is 5.85. The molecule has 0 atom stereocenters. The van der Waals surface area contributed by atoms with Crippen molar-refractivity contribution in [3.05, 3.63) is 58.1 Å². The van der Waals surface area contributed by atoms with E-state index < -0.39 is 4.92 Å². The summed E-state index contributed by atoms with van der Waals surface area (Å²) in [5.74, 6) is 0.555. The van der Waals surface area contributed by atoms with E-state index >= 15 is 0 Å². The zero-order chi connectivity index (χ0) is 13.7. The van der Waals surface area contributed by atoms with Crippen molar-refractivity contribution in [1.82, 2.24) is 4.98 Å². The first-order valence-corrected chi connectivity index (χ1v) is 5.85. The van der Waals surface area contributed by atoms with Crippen molar-refractivity contribution in [2.24, 2.45) is 0 Å². The Kier molecular flexibility index (Phi) is 3.92.